The number of phenols is 2. The summed E-state index contributed by atoms with van der Waals surface area (Å²) in [5.41, 5.74) is 18.5. The van der Waals surface area contributed by atoms with E-state index in [-0.39, 0.29) is 100 Å². The molecule has 642 valence electrons. The highest BCUT2D eigenvalue weighted by Gasteiger charge is 2.42. The van der Waals surface area contributed by atoms with Crippen LogP contribution in [0, 0.1) is 11.8 Å². The van der Waals surface area contributed by atoms with Gasteiger partial charge in [0.05, 0.1) is 18.3 Å². The smallest absolute Gasteiger partial charge is 0.245 e. The second kappa shape index (κ2) is 49.5. The Kier molecular flexibility index (Phi) is 41.0. The minimum atomic E-state index is -1.87. The fourth-order valence-electron chi connectivity index (χ4n) is 13.8. The highest BCUT2D eigenvalue weighted by Crippen LogP contribution is 2.25. The lowest BCUT2D eigenvalue weighted by Crippen LogP contribution is -2.63. The summed E-state index contributed by atoms with van der Waals surface area (Å²) >= 11 is 0. The van der Waals surface area contributed by atoms with E-state index in [2.05, 4.69) is 70.1 Å². The van der Waals surface area contributed by atoms with Gasteiger partial charge in [-0.3, -0.25) is 62.5 Å². The fraction of sp³-hybridized carbons (Fsp3) is 0.602. The van der Waals surface area contributed by atoms with Gasteiger partial charge in [-0.05, 0) is 131 Å². The summed E-state index contributed by atoms with van der Waals surface area (Å²) in [4.78, 5) is 179. The third-order valence-electron chi connectivity index (χ3n) is 20.3. The first-order valence-electron chi connectivity index (χ1n) is 40.9. The van der Waals surface area contributed by atoms with Crippen LogP contribution >= 0.6 is 0 Å². The second-order valence-electron chi connectivity index (χ2n) is 31.4. The molecule has 22 N–H and O–H groups in total. The van der Waals surface area contributed by atoms with Gasteiger partial charge in [-0.1, -0.05) is 154 Å². The Labute approximate surface area is 680 Å². The quantitative estimate of drug-likeness (QED) is 0.0172. The van der Waals surface area contributed by atoms with Gasteiger partial charge in [0.25, 0.3) is 0 Å². The number of aromatic amines is 1. The van der Waals surface area contributed by atoms with Gasteiger partial charge < -0.3 is 106 Å². The first kappa shape index (κ1) is 96.2. The minimum Gasteiger partial charge on any atom is -0.508 e. The molecule has 33 nitrogen and oxygen atoms in total. The van der Waals surface area contributed by atoms with Gasteiger partial charge in [-0.15, -0.1) is 0 Å². The Morgan fingerprint density at radius 1 is 0.474 bits per heavy atom. The van der Waals surface area contributed by atoms with Crippen LogP contribution < -0.4 is 70.4 Å². The van der Waals surface area contributed by atoms with Crippen molar-refractivity contribution in [2.45, 2.75) is 295 Å². The van der Waals surface area contributed by atoms with Crippen LogP contribution in [-0.4, -0.2) is 210 Å². The number of benzene rings is 3. The number of likely N-dealkylation sites (tertiary alicyclic amines) is 1. The SMILES string of the molecule is CCCCCCCCCCCCCCCC(=O)N[C@H](C(=O)N[C@@H](CC(C)C)C(=O)N1CCC[C@H]1C(=O)N[C@@H](CC(C)C)C(=O)N[C@@H](Cc1c[nH]c2ccccc12)C(=O)N[C@@H](C)C(=O)N[C@H](C(=O)N[C@@H](Cc1ccc(O)cc1)C(=O)N[C@H](C(=O)N[C@@H](Cc1ccc(O)cc1)C(=O)N[C@@H](CCCN=C(N)N)C(N)=O)[C@@H](C)O)[C@@H](C)O)[C@@H](C)O. The van der Waals surface area contributed by atoms with Crippen LogP contribution in [0.25, 0.3) is 10.9 Å². The summed E-state index contributed by atoms with van der Waals surface area (Å²) in [6, 6.07) is 1.97. The molecule has 1 fully saturated rings. The zero-order chi connectivity index (χ0) is 85.7. The van der Waals surface area contributed by atoms with Crippen molar-refractivity contribution < 1.29 is 83.1 Å². The van der Waals surface area contributed by atoms with Crippen molar-refractivity contribution in [3.63, 3.8) is 0 Å². The van der Waals surface area contributed by atoms with Gasteiger partial charge in [-0.25, -0.2) is 0 Å². The predicted octanol–water partition coefficient (Wildman–Crippen LogP) is 2.72. The molecule has 0 unspecified atom stereocenters. The molecule has 33 heteroatoms. The molecule has 0 saturated carbocycles. The van der Waals surface area contributed by atoms with Crippen molar-refractivity contribution in [2.75, 3.05) is 13.1 Å². The molecular weight excluding hydrogens is 1490 g/mol. The largest absolute Gasteiger partial charge is 0.508 e. The van der Waals surface area contributed by atoms with Crippen molar-refractivity contribution in [2.24, 2.45) is 34.0 Å². The number of fused-ring (bicyclic) bond motifs is 1. The molecule has 1 aromatic heterocycles. The molecule has 1 saturated heterocycles. The molecule has 1 aliphatic rings. The van der Waals surface area contributed by atoms with Crippen LogP contribution in [0.5, 0.6) is 11.5 Å². The average molecular weight is 1620 g/mol. The highest BCUT2D eigenvalue weighted by atomic mass is 16.3. The third kappa shape index (κ3) is 33.1. The minimum absolute atomic E-state index is 0.0196. The van der Waals surface area contributed by atoms with E-state index < -0.39 is 156 Å². The molecule has 12 amide bonds. The second-order valence-corrected chi connectivity index (χ2v) is 31.4. The summed E-state index contributed by atoms with van der Waals surface area (Å²) < 4.78 is 0. The molecule has 5 rings (SSSR count). The van der Waals surface area contributed by atoms with Crippen LogP contribution in [-0.2, 0) is 76.8 Å². The number of carbonyl (C=O) groups is 12. The van der Waals surface area contributed by atoms with E-state index in [0.717, 1.165) is 39.5 Å². The normalized spacial score (nSPS) is 16.1. The molecule has 0 bridgehead atoms. The zero-order valence-corrected chi connectivity index (χ0v) is 68.7. The van der Waals surface area contributed by atoms with Gasteiger partial charge in [0, 0.05) is 55.9 Å². The maximum Gasteiger partial charge on any atom is 0.245 e. The molecule has 0 radical (unpaired) electrons. The number of guanidine groups is 1. The number of aromatic nitrogens is 1. The van der Waals surface area contributed by atoms with Crippen LogP contribution in [0.4, 0.5) is 0 Å². The standard InChI is InChI=1S/C83H128N16O17/c1-10-11-12-13-14-15-16-17-18-19-20-21-22-31-68(105)96-69(51(7)100)79(113)95-66(43-49(4)5)82(116)99-41-26-30-67(99)78(112)92-62(42-48(2)3)75(109)91-65(46-56-47-88-60-28-24-23-27-59(56)60)74(108)89-50(6)73(107)97-70(52(8)101)80(114)94-64(45-55-34-38-58(104)39-35-55)77(111)98-71(53(9)102)81(115)93-63(44-54-32-36-57(103)37-33-54)76(110)90-61(72(84)106)29-25-40-87-83(85)86/h23-24,27-28,32-39,47-53,61-67,69-71,88,100-104H,10-22,25-26,29-31,40-46H2,1-9H3,(H2,84,106)(H,89,108)(H,90,110)(H,91,109)(H,92,112)(H,93,115)(H,94,114)(H,95,113)(H,96,105)(H,97,107)(H,98,111)(H4,85,86,87)/t50-,51+,52+,53+,61-,62-,63-,64-,65-,66-,67-,69-,70-,71-/m0/s1. The highest BCUT2D eigenvalue weighted by molar-refractivity contribution is 6.00. The number of primary amides is 1. The predicted molar refractivity (Wildman–Crippen MR) is 439 cm³/mol. The molecule has 4 aromatic rings. The molecule has 14 atom stereocenters. The summed E-state index contributed by atoms with van der Waals surface area (Å²) in [6.45, 7) is 14.7. The first-order chi connectivity index (χ1) is 55.1. The lowest BCUT2D eigenvalue weighted by atomic mass is 9.99. The number of rotatable bonds is 52. The topological polar surface area (TPSA) is 536 Å². The van der Waals surface area contributed by atoms with Crippen LogP contribution in [0.2, 0.25) is 0 Å². The number of hydrogen-bond donors (Lipinski definition) is 19. The van der Waals surface area contributed by atoms with E-state index in [1.54, 1.807) is 30.5 Å². The number of aromatic hydroxyl groups is 2. The fourth-order valence-corrected chi connectivity index (χ4v) is 13.8. The number of carbonyl (C=O) groups excluding carboxylic acids is 12. The number of phenolic OH excluding ortho intramolecular Hbond substituents is 2. The number of aliphatic imine (C=N–C) groups is 1. The van der Waals surface area contributed by atoms with Crippen LogP contribution in [0.3, 0.4) is 0 Å². The molecular formula is C83H128N16O17. The monoisotopic (exact) mass is 1620 g/mol. The lowest BCUT2D eigenvalue weighted by Gasteiger charge is -2.32. The molecule has 3 aromatic carbocycles. The van der Waals surface area contributed by atoms with E-state index in [1.165, 1.54) is 119 Å². The van der Waals surface area contributed by atoms with E-state index >= 15 is 0 Å². The average Bonchev–Trinajstić information content (AvgIpc) is 1.64. The van der Waals surface area contributed by atoms with Crippen molar-refractivity contribution in [3.8, 4) is 11.5 Å². The summed E-state index contributed by atoms with van der Waals surface area (Å²) in [6.07, 6.45) is 11.9. The van der Waals surface area contributed by atoms with Gasteiger partial charge in [-0.2, -0.15) is 0 Å². The Balaban J connectivity index is 1.30. The lowest BCUT2D eigenvalue weighted by molar-refractivity contribution is -0.143. The molecule has 0 spiro atoms. The number of unbranched alkanes of at least 4 members (excludes halogenated alkanes) is 12. The molecule has 116 heavy (non-hydrogen) atoms. The number of hydrogen-bond acceptors (Lipinski definition) is 18. The Bertz CT molecular complexity index is 3870. The van der Waals surface area contributed by atoms with Crippen molar-refractivity contribution in [1.29, 1.82) is 0 Å². The number of nitrogens with zero attached hydrogens (tertiary/aromatic N) is 2. The van der Waals surface area contributed by atoms with E-state index in [0.29, 0.717) is 40.4 Å². The Morgan fingerprint density at radius 3 is 1.41 bits per heavy atom. The van der Waals surface area contributed by atoms with Gasteiger partial charge in [0.15, 0.2) is 5.96 Å². The number of H-pyrrole nitrogens is 1. The maximum atomic E-state index is 14.9. The number of aliphatic hydroxyl groups is 3. The van der Waals surface area contributed by atoms with Gasteiger partial charge in [0.1, 0.15) is 78.0 Å². The van der Waals surface area contributed by atoms with Crippen molar-refractivity contribution in [1.82, 2.24) is 63.1 Å². The number of nitrogens with one attached hydrogen (secondary N) is 11. The first-order valence-corrected chi connectivity index (χ1v) is 40.9. The van der Waals surface area contributed by atoms with Gasteiger partial charge in [0.2, 0.25) is 70.9 Å². The van der Waals surface area contributed by atoms with Crippen LogP contribution in [0.15, 0.2) is 84.0 Å². The Morgan fingerprint density at radius 2 is 0.905 bits per heavy atom. The molecule has 2 heterocycles. The van der Waals surface area contributed by atoms with E-state index in [9.17, 15) is 83.1 Å². The maximum absolute atomic E-state index is 14.9. The third-order valence-corrected chi connectivity index (χ3v) is 20.3. The number of nitrogens with two attached hydrogens (primary N) is 3. The molecule has 0 aliphatic carbocycles. The Hall–Kier alpha value is -10.4. The number of amides is 12. The number of aliphatic hydroxyl groups excluding tert-OH is 3. The summed E-state index contributed by atoms with van der Waals surface area (Å²) in [7, 11) is 0. The van der Waals surface area contributed by atoms with Crippen LogP contribution in [0.1, 0.15) is 207 Å². The summed E-state index contributed by atoms with van der Waals surface area (Å²) in [5.74, 6) is -11.3. The summed E-state index contributed by atoms with van der Waals surface area (Å²) in [5, 5.41) is 80.0. The van der Waals surface area contributed by atoms with Gasteiger partial charge >= 0.3 is 0 Å². The van der Waals surface area contributed by atoms with E-state index in [4.69, 9.17) is 17.2 Å². The van der Waals surface area contributed by atoms with Crippen molar-refractivity contribution >= 4 is 87.7 Å². The molecule has 1 aliphatic heterocycles. The number of para-hydroxylation sites is 1. The van der Waals surface area contributed by atoms with E-state index in [1.807, 2.05) is 27.7 Å². The van der Waals surface area contributed by atoms with Crippen molar-refractivity contribution in [3.05, 3.63) is 95.7 Å². The zero-order valence-electron chi connectivity index (χ0n) is 68.7.